The third-order valence-electron chi connectivity index (χ3n) is 3.80. The molecule has 0 fully saturated rings. The van der Waals surface area contributed by atoms with Crippen molar-refractivity contribution in [3.05, 3.63) is 52.2 Å². The second-order valence-electron chi connectivity index (χ2n) is 6.30. The lowest BCUT2D eigenvalue weighted by Gasteiger charge is -2.14. The van der Waals surface area contributed by atoms with E-state index in [0.29, 0.717) is 19.1 Å². The molecule has 0 saturated heterocycles. The van der Waals surface area contributed by atoms with Gasteiger partial charge in [0.15, 0.2) is 5.96 Å². The van der Waals surface area contributed by atoms with Gasteiger partial charge < -0.3 is 20.3 Å². The fourth-order valence-corrected chi connectivity index (χ4v) is 2.90. The summed E-state index contributed by atoms with van der Waals surface area (Å²) in [5.74, 6) is 1.42. The summed E-state index contributed by atoms with van der Waals surface area (Å²) in [5, 5.41) is 8.57. The minimum absolute atomic E-state index is 0.0368. The molecule has 1 amide bonds. The Bertz CT molecular complexity index is 712. The van der Waals surface area contributed by atoms with Gasteiger partial charge in [0.2, 0.25) is 5.91 Å². The molecule has 0 aliphatic rings. The zero-order valence-corrected chi connectivity index (χ0v) is 17.0. The van der Waals surface area contributed by atoms with Crippen molar-refractivity contribution in [2.45, 2.75) is 13.3 Å². The van der Waals surface area contributed by atoms with Gasteiger partial charge >= 0.3 is 0 Å². The Labute approximate surface area is 165 Å². The van der Waals surface area contributed by atoms with Crippen LogP contribution in [0.5, 0.6) is 5.75 Å². The Kier molecular flexibility index (Phi) is 8.64. The normalized spacial score (nSPS) is 11.1. The van der Waals surface area contributed by atoms with Gasteiger partial charge in [-0.2, -0.15) is 0 Å². The molecule has 2 rings (SSSR count). The lowest BCUT2D eigenvalue weighted by atomic mass is 10.2. The number of likely N-dealkylation sites (N-methyl/N-ethyl adjacent to an activating group) is 1. The van der Waals surface area contributed by atoms with Crippen LogP contribution in [-0.2, 0) is 11.2 Å². The number of thiophene rings is 1. The molecule has 1 heterocycles. The predicted octanol–water partition coefficient (Wildman–Crippen LogP) is 2.30. The van der Waals surface area contributed by atoms with Crippen LogP contribution in [-0.4, -0.2) is 57.1 Å². The highest BCUT2D eigenvalue weighted by atomic mass is 32.1. The van der Waals surface area contributed by atoms with Gasteiger partial charge in [-0.15, -0.1) is 11.3 Å². The molecule has 0 saturated carbocycles. The number of rotatable bonds is 9. The average Bonchev–Trinajstić information content (AvgIpc) is 3.17. The van der Waals surface area contributed by atoms with Gasteiger partial charge in [0.05, 0.1) is 6.54 Å². The van der Waals surface area contributed by atoms with Gasteiger partial charge in [-0.1, -0.05) is 23.8 Å². The fraction of sp³-hybridized carbons (Fsp3) is 0.400. The van der Waals surface area contributed by atoms with Crippen LogP contribution in [0.2, 0.25) is 0 Å². The minimum Gasteiger partial charge on any atom is -0.492 e. The summed E-state index contributed by atoms with van der Waals surface area (Å²) in [5.41, 5.74) is 1.20. The molecule has 6 nitrogen and oxygen atoms in total. The maximum atomic E-state index is 11.8. The van der Waals surface area contributed by atoms with Crippen LogP contribution < -0.4 is 15.4 Å². The second-order valence-corrected chi connectivity index (χ2v) is 7.33. The number of hydrogen-bond donors (Lipinski definition) is 2. The van der Waals surface area contributed by atoms with E-state index in [-0.39, 0.29) is 12.5 Å². The third-order valence-corrected chi connectivity index (χ3v) is 4.74. The molecule has 0 spiro atoms. The number of aryl methyl sites for hydroxylation is 1. The number of hydrogen-bond acceptors (Lipinski definition) is 4. The zero-order chi connectivity index (χ0) is 19.5. The molecule has 7 heteroatoms. The van der Waals surface area contributed by atoms with Crippen LogP contribution >= 0.6 is 11.3 Å². The predicted molar refractivity (Wildman–Crippen MR) is 112 cm³/mol. The molecule has 2 N–H and O–H groups in total. The lowest BCUT2D eigenvalue weighted by molar-refractivity contribution is -0.127. The first-order valence-electron chi connectivity index (χ1n) is 8.99. The van der Waals surface area contributed by atoms with Crippen molar-refractivity contribution in [1.82, 2.24) is 15.5 Å². The summed E-state index contributed by atoms with van der Waals surface area (Å²) in [6.07, 6.45) is 0.917. The van der Waals surface area contributed by atoms with E-state index in [1.807, 2.05) is 37.3 Å². The van der Waals surface area contributed by atoms with Gasteiger partial charge in [0.1, 0.15) is 18.9 Å². The first-order valence-corrected chi connectivity index (χ1v) is 9.87. The number of aliphatic imine (C=N–C) groups is 1. The average molecular weight is 389 g/mol. The molecule has 0 unspecified atom stereocenters. The van der Waals surface area contributed by atoms with E-state index in [1.165, 1.54) is 15.3 Å². The number of carbonyl (C=O) groups is 1. The number of carbonyl (C=O) groups excluding carboxylic acids is 1. The van der Waals surface area contributed by atoms with Crippen molar-refractivity contribution in [2.75, 3.05) is 40.3 Å². The Morgan fingerprint density at radius 1 is 1.15 bits per heavy atom. The molecular weight excluding hydrogens is 360 g/mol. The molecule has 27 heavy (non-hydrogen) atoms. The van der Waals surface area contributed by atoms with Crippen molar-refractivity contribution in [3.63, 3.8) is 0 Å². The van der Waals surface area contributed by atoms with Crippen molar-refractivity contribution < 1.29 is 9.53 Å². The van der Waals surface area contributed by atoms with Gasteiger partial charge in [-0.3, -0.25) is 4.79 Å². The number of ether oxygens (including phenoxy) is 1. The maximum absolute atomic E-state index is 11.8. The summed E-state index contributed by atoms with van der Waals surface area (Å²) in [6.45, 7) is 4.01. The highest BCUT2D eigenvalue weighted by Gasteiger charge is 2.05. The van der Waals surface area contributed by atoms with Crippen LogP contribution in [0.15, 0.2) is 46.8 Å². The molecule has 2 aromatic rings. The Balaban J connectivity index is 1.79. The van der Waals surface area contributed by atoms with Gasteiger partial charge in [-0.05, 0) is 36.9 Å². The quantitative estimate of drug-likeness (QED) is 0.393. The Hall–Kier alpha value is -2.54. The summed E-state index contributed by atoms with van der Waals surface area (Å²) < 4.78 is 5.72. The Morgan fingerprint density at radius 3 is 2.56 bits per heavy atom. The fourth-order valence-electron chi connectivity index (χ4n) is 2.19. The second kappa shape index (κ2) is 11.2. The zero-order valence-electron chi connectivity index (χ0n) is 16.2. The largest absolute Gasteiger partial charge is 0.492 e. The topological polar surface area (TPSA) is 66.0 Å². The van der Waals surface area contributed by atoms with Crippen molar-refractivity contribution in [1.29, 1.82) is 0 Å². The van der Waals surface area contributed by atoms with E-state index >= 15 is 0 Å². The molecule has 1 aromatic carbocycles. The van der Waals surface area contributed by atoms with Crippen molar-refractivity contribution >= 4 is 23.2 Å². The monoisotopic (exact) mass is 388 g/mol. The van der Waals surface area contributed by atoms with Gasteiger partial charge in [0, 0.05) is 25.5 Å². The van der Waals surface area contributed by atoms with Crippen LogP contribution in [0.3, 0.4) is 0 Å². The van der Waals surface area contributed by atoms with Gasteiger partial charge in [0.25, 0.3) is 0 Å². The van der Waals surface area contributed by atoms with E-state index in [1.54, 1.807) is 25.4 Å². The molecule has 0 atom stereocenters. The first kappa shape index (κ1) is 20.8. The summed E-state index contributed by atoms with van der Waals surface area (Å²) in [6, 6.07) is 12.1. The number of nitrogens with one attached hydrogen (secondary N) is 2. The maximum Gasteiger partial charge on any atom is 0.243 e. The summed E-state index contributed by atoms with van der Waals surface area (Å²) >= 11 is 1.74. The van der Waals surface area contributed by atoms with E-state index in [2.05, 4.69) is 27.1 Å². The summed E-state index contributed by atoms with van der Waals surface area (Å²) in [7, 11) is 3.45. The molecule has 146 valence electrons. The molecular formula is C20H28N4O2S. The highest BCUT2D eigenvalue weighted by Crippen LogP contribution is 2.10. The van der Waals surface area contributed by atoms with Crippen LogP contribution in [0.1, 0.15) is 10.4 Å². The highest BCUT2D eigenvalue weighted by molar-refractivity contribution is 7.09. The molecule has 1 aromatic heterocycles. The standard InChI is InChI=1S/C20H28N4O2S/c1-16-6-8-17(9-7-16)26-13-12-22-20(23-15-19(25)24(2)3)21-11-10-18-5-4-14-27-18/h4-9,14H,10-13,15H2,1-3H3,(H2,21,22,23). The van der Waals surface area contributed by atoms with E-state index in [4.69, 9.17) is 4.74 Å². The number of nitrogens with zero attached hydrogens (tertiary/aromatic N) is 2. The first-order chi connectivity index (χ1) is 13.0. The Morgan fingerprint density at radius 2 is 1.89 bits per heavy atom. The number of guanidine groups is 1. The molecule has 0 aliphatic heterocycles. The van der Waals surface area contributed by atoms with Crippen LogP contribution in [0, 0.1) is 6.92 Å². The van der Waals surface area contributed by atoms with Crippen LogP contribution in [0.25, 0.3) is 0 Å². The van der Waals surface area contributed by atoms with Crippen LogP contribution in [0.4, 0.5) is 0 Å². The van der Waals surface area contributed by atoms with Crippen molar-refractivity contribution in [2.24, 2.45) is 4.99 Å². The SMILES string of the molecule is Cc1ccc(OCCNC(=NCC(=O)N(C)C)NCCc2cccs2)cc1. The molecule has 0 bridgehead atoms. The van der Waals surface area contributed by atoms with E-state index in [0.717, 1.165) is 18.7 Å². The van der Waals surface area contributed by atoms with Gasteiger partial charge in [-0.25, -0.2) is 4.99 Å². The van der Waals surface area contributed by atoms with Crippen molar-refractivity contribution in [3.8, 4) is 5.75 Å². The summed E-state index contributed by atoms with van der Waals surface area (Å²) in [4.78, 5) is 19.0. The number of benzene rings is 1. The van der Waals surface area contributed by atoms with E-state index in [9.17, 15) is 4.79 Å². The molecule has 0 radical (unpaired) electrons. The molecule has 0 aliphatic carbocycles. The minimum atomic E-state index is -0.0368. The smallest absolute Gasteiger partial charge is 0.243 e. The third kappa shape index (κ3) is 8.13. The lowest BCUT2D eigenvalue weighted by Crippen LogP contribution is -2.41. The number of amides is 1. The van der Waals surface area contributed by atoms with E-state index < -0.39 is 0 Å².